The molecule has 0 saturated carbocycles. The van der Waals surface area contributed by atoms with Crippen molar-refractivity contribution in [3.63, 3.8) is 0 Å². The topological polar surface area (TPSA) is 50.8 Å². The van der Waals surface area contributed by atoms with E-state index < -0.39 is 5.54 Å². The molecule has 0 radical (unpaired) electrons. The molecule has 0 fully saturated rings. The lowest BCUT2D eigenvalue weighted by Gasteiger charge is -2.36. The number of nitrogens with one attached hydrogen (secondary N) is 1. The van der Waals surface area contributed by atoms with Crippen LogP contribution in [0.25, 0.3) is 0 Å². The van der Waals surface area contributed by atoms with Gasteiger partial charge in [-0.25, -0.2) is 0 Å². The summed E-state index contributed by atoms with van der Waals surface area (Å²) >= 11 is 0. The molecule has 120 valence electrons. The highest BCUT2D eigenvalue weighted by molar-refractivity contribution is 5.80. The highest BCUT2D eigenvalue weighted by Gasteiger charge is 2.35. The van der Waals surface area contributed by atoms with Gasteiger partial charge in [0.25, 0.3) is 0 Å². The molecule has 5 heteroatoms. The summed E-state index contributed by atoms with van der Waals surface area (Å²) < 4.78 is 10.1. The minimum Gasteiger partial charge on any atom is -0.468 e. The van der Waals surface area contributed by atoms with Crippen molar-refractivity contribution in [2.45, 2.75) is 45.7 Å². The molecule has 0 heterocycles. The molecule has 0 bridgehead atoms. The van der Waals surface area contributed by atoms with Crippen LogP contribution >= 0.6 is 0 Å². The highest BCUT2D eigenvalue weighted by Crippen LogP contribution is 2.18. The number of esters is 1. The van der Waals surface area contributed by atoms with Crippen molar-refractivity contribution < 1.29 is 14.3 Å². The second kappa shape index (κ2) is 9.32. The maximum absolute atomic E-state index is 11.9. The van der Waals surface area contributed by atoms with Gasteiger partial charge in [0.2, 0.25) is 0 Å². The number of rotatable bonds is 10. The van der Waals surface area contributed by atoms with Crippen LogP contribution in [-0.4, -0.2) is 63.4 Å². The summed E-state index contributed by atoms with van der Waals surface area (Å²) in [6.45, 7) is 11.0. The summed E-state index contributed by atoms with van der Waals surface area (Å²) in [4.78, 5) is 14.3. The monoisotopic (exact) mass is 288 g/mol. The molecule has 0 aromatic carbocycles. The van der Waals surface area contributed by atoms with Gasteiger partial charge in [0.15, 0.2) is 0 Å². The van der Waals surface area contributed by atoms with Crippen LogP contribution in [0.15, 0.2) is 0 Å². The Labute approximate surface area is 124 Å². The molecule has 0 aromatic heterocycles. The Morgan fingerprint density at radius 2 is 1.90 bits per heavy atom. The van der Waals surface area contributed by atoms with Gasteiger partial charge in [0, 0.05) is 26.2 Å². The van der Waals surface area contributed by atoms with Crippen molar-refractivity contribution in [1.29, 1.82) is 0 Å². The summed E-state index contributed by atoms with van der Waals surface area (Å²) in [6, 6.07) is 0.268. The molecule has 1 N–H and O–H groups in total. The van der Waals surface area contributed by atoms with Crippen LogP contribution in [0.3, 0.4) is 0 Å². The Bertz CT molecular complexity index is 284. The lowest BCUT2D eigenvalue weighted by molar-refractivity contribution is -0.148. The molecule has 20 heavy (non-hydrogen) atoms. The first kappa shape index (κ1) is 19.4. The minimum absolute atomic E-state index is 0.219. The minimum atomic E-state index is -0.656. The fourth-order valence-electron chi connectivity index (χ4n) is 2.40. The van der Waals surface area contributed by atoms with E-state index in [0.717, 1.165) is 13.1 Å². The van der Waals surface area contributed by atoms with Crippen LogP contribution in [-0.2, 0) is 14.3 Å². The van der Waals surface area contributed by atoms with E-state index in [-0.39, 0.29) is 12.0 Å². The van der Waals surface area contributed by atoms with Crippen LogP contribution in [0.2, 0.25) is 0 Å². The predicted molar refractivity (Wildman–Crippen MR) is 81.8 cm³/mol. The number of methoxy groups -OCH3 is 2. The number of carbonyl (C=O) groups excluding carboxylic acids is 1. The molecule has 0 amide bonds. The number of hydrogen-bond donors (Lipinski definition) is 1. The van der Waals surface area contributed by atoms with Crippen molar-refractivity contribution in [2.75, 3.05) is 41.0 Å². The van der Waals surface area contributed by atoms with Crippen molar-refractivity contribution in [3.8, 4) is 0 Å². The third-order valence-electron chi connectivity index (χ3n) is 3.70. The molecular weight excluding hydrogens is 256 g/mol. The standard InChI is InChI=1S/C15H32N2O3/c1-12(2)11-17(8-9-19-6)13(3)10-15(4,16-5)14(18)20-7/h12-13,16H,8-11H2,1-7H3. The largest absolute Gasteiger partial charge is 0.468 e. The van der Waals surface area contributed by atoms with Gasteiger partial charge in [-0.05, 0) is 33.2 Å². The van der Waals surface area contributed by atoms with Crippen LogP contribution in [0.1, 0.15) is 34.1 Å². The molecule has 0 aliphatic carbocycles. The third kappa shape index (κ3) is 6.20. The maximum Gasteiger partial charge on any atom is 0.325 e. The molecule has 0 aliphatic heterocycles. The second-order valence-electron chi connectivity index (χ2n) is 6.01. The third-order valence-corrected chi connectivity index (χ3v) is 3.70. The Balaban J connectivity index is 4.77. The summed E-state index contributed by atoms with van der Waals surface area (Å²) in [5.74, 6) is 0.358. The van der Waals surface area contributed by atoms with Gasteiger partial charge in [-0.2, -0.15) is 0 Å². The number of carbonyl (C=O) groups is 1. The average molecular weight is 288 g/mol. The zero-order valence-corrected chi connectivity index (χ0v) is 14.2. The number of nitrogens with zero attached hydrogens (tertiary/aromatic N) is 1. The Hall–Kier alpha value is -0.650. The van der Waals surface area contributed by atoms with Gasteiger partial charge in [0.05, 0.1) is 13.7 Å². The van der Waals surface area contributed by atoms with Crippen molar-refractivity contribution in [2.24, 2.45) is 5.92 Å². The normalized spacial score (nSPS) is 16.2. The van der Waals surface area contributed by atoms with E-state index in [1.807, 2.05) is 6.92 Å². The first-order valence-corrected chi connectivity index (χ1v) is 7.31. The summed E-state index contributed by atoms with van der Waals surface area (Å²) in [5, 5.41) is 3.09. The first-order valence-electron chi connectivity index (χ1n) is 7.31. The van der Waals surface area contributed by atoms with Gasteiger partial charge in [0.1, 0.15) is 5.54 Å². The Morgan fingerprint density at radius 1 is 1.30 bits per heavy atom. The number of ether oxygens (including phenoxy) is 2. The van der Waals surface area contributed by atoms with Crippen molar-refractivity contribution >= 4 is 5.97 Å². The fourth-order valence-corrected chi connectivity index (χ4v) is 2.40. The van der Waals surface area contributed by atoms with Gasteiger partial charge in [-0.1, -0.05) is 13.8 Å². The average Bonchev–Trinajstić information content (AvgIpc) is 2.41. The van der Waals surface area contributed by atoms with E-state index in [4.69, 9.17) is 9.47 Å². The van der Waals surface area contributed by atoms with Crippen LogP contribution in [0, 0.1) is 5.92 Å². The van der Waals surface area contributed by atoms with E-state index in [0.29, 0.717) is 18.9 Å². The van der Waals surface area contributed by atoms with E-state index in [2.05, 4.69) is 31.0 Å². The summed E-state index contributed by atoms with van der Waals surface area (Å²) in [5.41, 5.74) is -0.656. The summed E-state index contributed by atoms with van der Waals surface area (Å²) in [7, 11) is 4.94. The van der Waals surface area contributed by atoms with Crippen LogP contribution in [0.5, 0.6) is 0 Å². The smallest absolute Gasteiger partial charge is 0.325 e. The van der Waals surface area contributed by atoms with Crippen LogP contribution < -0.4 is 5.32 Å². The maximum atomic E-state index is 11.9. The molecule has 0 aromatic rings. The molecule has 2 atom stereocenters. The van der Waals surface area contributed by atoms with Gasteiger partial charge < -0.3 is 14.8 Å². The molecule has 0 saturated heterocycles. The van der Waals surface area contributed by atoms with Gasteiger partial charge in [-0.3, -0.25) is 9.69 Å². The zero-order valence-electron chi connectivity index (χ0n) is 14.2. The molecule has 0 spiro atoms. The van der Waals surface area contributed by atoms with Crippen molar-refractivity contribution in [1.82, 2.24) is 10.2 Å². The predicted octanol–water partition coefficient (Wildman–Crippen LogP) is 1.52. The van der Waals surface area contributed by atoms with E-state index in [1.165, 1.54) is 7.11 Å². The SMILES string of the molecule is CNC(C)(CC(C)N(CCOC)CC(C)C)C(=O)OC. The number of likely N-dealkylation sites (N-methyl/N-ethyl adjacent to an activating group) is 1. The van der Waals surface area contributed by atoms with E-state index in [9.17, 15) is 4.79 Å². The Morgan fingerprint density at radius 3 is 2.30 bits per heavy atom. The zero-order chi connectivity index (χ0) is 15.8. The molecule has 0 rings (SSSR count). The van der Waals surface area contributed by atoms with Gasteiger partial charge in [-0.15, -0.1) is 0 Å². The van der Waals surface area contributed by atoms with E-state index >= 15 is 0 Å². The van der Waals surface area contributed by atoms with Gasteiger partial charge >= 0.3 is 5.97 Å². The summed E-state index contributed by atoms with van der Waals surface area (Å²) in [6.07, 6.45) is 0.701. The lowest BCUT2D eigenvalue weighted by atomic mass is 9.92. The highest BCUT2D eigenvalue weighted by atomic mass is 16.5. The molecule has 0 aliphatic rings. The molecule has 2 unspecified atom stereocenters. The van der Waals surface area contributed by atoms with Crippen LogP contribution in [0.4, 0.5) is 0 Å². The van der Waals surface area contributed by atoms with Crippen molar-refractivity contribution in [3.05, 3.63) is 0 Å². The first-order chi connectivity index (χ1) is 9.30. The second-order valence-corrected chi connectivity index (χ2v) is 6.01. The quantitative estimate of drug-likeness (QED) is 0.618. The lowest BCUT2D eigenvalue weighted by Crippen LogP contribution is -2.53. The molecular formula is C15H32N2O3. The van der Waals surface area contributed by atoms with E-state index in [1.54, 1.807) is 14.2 Å². The number of hydrogen-bond acceptors (Lipinski definition) is 5. The fraction of sp³-hybridized carbons (Fsp3) is 0.933. The Kier molecular flexibility index (Phi) is 9.01. The molecule has 5 nitrogen and oxygen atoms in total.